The number of hydrogen-bond donors (Lipinski definition) is 0. The van der Waals surface area contributed by atoms with Crippen LogP contribution in [0.4, 0.5) is 0 Å². The molecule has 0 heterocycles. The van der Waals surface area contributed by atoms with Crippen LogP contribution in [0.2, 0.25) is 19.0 Å². The van der Waals surface area contributed by atoms with Crippen molar-refractivity contribution in [1.29, 1.82) is 0 Å². The van der Waals surface area contributed by atoms with Gasteiger partial charge in [-0.2, -0.15) is 0 Å². The van der Waals surface area contributed by atoms with Crippen LogP contribution < -0.4 is 0 Å². The molecule has 0 aromatic carbocycles. The number of hydrogen-bond acceptors (Lipinski definition) is 0. The van der Waals surface area contributed by atoms with Gasteiger partial charge in [0, 0.05) is 0 Å². The van der Waals surface area contributed by atoms with Crippen LogP contribution in [0.15, 0.2) is 12.2 Å². The summed E-state index contributed by atoms with van der Waals surface area (Å²) >= 11 is 0. The summed E-state index contributed by atoms with van der Waals surface area (Å²) in [6.45, 7) is 7.53. The molecule has 0 bridgehead atoms. The van der Waals surface area contributed by atoms with Crippen molar-refractivity contribution in [3.05, 3.63) is 12.2 Å². The lowest BCUT2D eigenvalue weighted by molar-refractivity contribution is 1.28. The monoisotopic (exact) mass is 124 g/mol. The van der Waals surface area contributed by atoms with E-state index >= 15 is 0 Å². The van der Waals surface area contributed by atoms with Gasteiger partial charge in [-0.05, 0) is 6.92 Å². The maximum atomic E-state index is 2.26. The van der Waals surface area contributed by atoms with Crippen LogP contribution in [0.1, 0.15) is 20.8 Å². The molecule has 1 heteroatoms. The van der Waals surface area contributed by atoms with Crippen molar-refractivity contribution in [1.82, 2.24) is 0 Å². The lowest BCUT2D eigenvalue weighted by atomic mass is 9.43. The van der Waals surface area contributed by atoms with E-state index in [9.17, 15) is 0 Å². The predicted octanol–water partition coefficient (Wildman–Crippen LogP) is 3.10. The molecule has 0 radical (unpaired) electrons. The van der Waals surface area contributed by atoms with Gasteiger partial charge in [0.1, 0.15) is 6.71 Å². The van der Waals surface area contributed by atoms with Crippen molar-refractivity contribution < 1.29 is 0 Å². The minimum absolute atomic E-state index is 0.918. The van der Waals surface area contributed by atoms with E-state index in [2.05, 4.69) is 32.9 Å². The molecule has 0 N–H and O–H groups in total. The van der Waals surface area contributed by atoms with Gasteiger partial charge in [0.15, 0.2) is 0 Å². The molecule has 0 aliphatic rings. The van der Waals surface area contributed by atoms with Gasteiger partial charge in [-0.25, -0.2) is 0 Å². The smallest absolute Gasteiger partial charge is 0.0960 e. The van der Waals surface area contributed by atoms with Gasteiger partial charge in [-0.1, -0.05) is 45.0 Å². The van der Waals surface area contributed by atoms with E-state index in [0.717, 1.165) is 6.71 Å². The largest absolute Gasteiger partial charge is 0.143 e. The zero-order valence-electron chi connectivity index (χ0n) is 6.85. The molecule has 0 nitrogen and oxygen atoms in total. The molecule has 0 aliphatic carbocycles. The second kappa shape index (κ2) is 5.93. The highest BCUT2D eigenvalue weighted by molar-refractivity contribution is 6.59. The zero-order chi connectivity index (χ0) is 7.11. The Hall–Kier alpha value is -0.195. The first-order valence-corrected chi connectivity index (χ1v) is 3.96. The molecule has 0 unspecified atom stereocenters. The summed E-state index contributed by atoms with van der Waals surface area (Å²) in [6, 6.07) is 0. The van der Waals surface area contributed by atoms with Crippen molar-refractivity contribution >= 4 is 6.71 Å². The van der Waals surface area contributed by atoms with E-state index in [1.807, 2.05) is 0 Å². The van der Waals surface area contributed by atoms with Gasteiger partial charge >= 0.3 is 0 Å². The standard InChI is InChI=1S/C8H17B/c1-4-7-8-9(5-2)6-3/h4,7H,5-6,8H2,1-3H3. The van der Waals surface area contributed by atoms with Gasteiger partial charge in [0.25, 0.3) is 0 Å². The molecule has 0 saturated carbocycles. The van der Waals surface area contributed by atoms with E-state index in [-0.39, 0.29) is 0 Å². The molecule has 0 aliphatic heterocycles. The molecular formula is C8H17B. The Labute approximate surface area is 59.4 Å². The van der Waals surface area contributed by atoms with Gasteiger partial charge in [0.05, 0.1) is 0 Å². The summed E-state index contributed by atoms with van der Waals surface area (Å²) < 4.78 is 0. The van der Waals surface area contributed by atoms with Crippen molar-refractivity contribution in [3.8, 4) is 0 Å². The molecule has 0 aromatic heterocycles. The van der Waals surface area contributed by atoms with Gasteiger partial charge in [-0.15, -0.1) is 0 Å². The average Bonchev–Trinajstić information content (AvgIpc) is 1.91. The van der Waals surface area contributed by atoms with Crippen LogP contribution in [0, 0.1) is 0 Å². The van der Waals surface area contributed by atoms with Gasteiger partial charge in [-0.3, -0.25) is 0 Å². The summed E-state index contributed by atoms with van der Waals surface area (Å²) in [5.74, 6) is 0. The molecule has 0 rings (SSSR count). The van der Waals surface area contributed by atoms with E-state index in [1.54, 1.807) is 0 Å². The summed E-state index contributed by atoms with van der Waals surface area (Å²) in [5.41, 5.74) is 0. The number of rotatable bonds is 4. The fraction of sp³-hybridized carbons (Fsp3) is 0.750. The summed E-state index contributed by atoms with van der Waals surface area (Å²) in [6.07, 6.45) is 8.31. The normalized spacial score (nSPS) is 10.6. The van der Waals surface area contributed by atoms with Crippen molar-refractivity contribution in [2.45, 2.75) is 39.7 Å². The third-order valence-corrected chi connectivity index (χ3v) is 1.86. The SMILES string of the molecule is CC=CCB(CC)CC. The van der Waals surface area contributed by atoms with Gasteiger partial charge < -0.3 is 0 Å². The lowest BCUT2D eigenvalue weighted by Crippen LogP contribution is -2.05. The Morgan fingerprint density at radius 3 is 2.11 bits per heavy atom. The fourth-order valence-electron chi connectivity index (χ4n) is 0.951. The highest BCUT2D eigenvalue weighted by Crippen LogP contribution is 2.04. The molecule has 9 heavy (non-hydrogen) atoms. The Morgan fingerprint density at radius 1 is 1.22 bits per heavy atom. The lowest BCUT2D eigenvalue weighted by Gasteiger charge is -2.02. The van der Waals surface area contributed by atoms with Crippen molar-refractivity contribution in [2.24, 2.45) is 0 Å². The number of allylic oxidation sites excluding steroid dienone is 2. The first-order valence-electron chi connectivity index (χ1n) is 3.96. The highest BCUT2D eigenvalue weighted by Gasteiger charge is 2.03. The van der Waals surface area contributed by atoms with Gasteiger partial charge in [0.2, 0.25) is 0 Å². The maximum absolute atomic E-state index is 2.26. The molecule has 0 aromatic rings. The summed E-state index contributed by atoms with van der Waals surface area (Å²) in [5, 5.41) is 0. The Kier molecular flexibility index (Phi) is 5.80. The van der Waals surface area contributed by atoms with Crippen LogP contribution in [0.3, 0.4) is 0 Å². The van der Waals surface area contributed by atoms with Crippen molar-refractivity contribution in [3.63, 3.8) is 0 Å². The zero-order valence-corrected chi connectivity index (χ0v) is 6.85. The van der Waals surface area contributed by atoms with E-state index < -0.39 is 0 Å². The molecule has 52 valence electrons. The minimum atomic E-state index is 0.918. The van der Waals surface area contributed by atoms with E-state index in [1.165, 1.54) is 19.0 Å². The van der Waals surface area contributed by atoms with E-state index in [4.69, 9.17) is 0 Å². The fourth-order valence-corrected chi connectivity index (χ4v) is 0.951. The predicted molar refractivity (Wildman–Crippen MR) is 46.3 cm³/mol. The summed E-state index contributed by atoms with van der Waals surface area (Å²) in [4.78, 5) is 0. The molecule has 0 saturated heterocycles. The maximum Gasteiger partial charge on any atom is 0.143 e. The molecule has 0 atom stereocenters. The molecule has 0 fully saturated rings. The van der Waals surface area contributed by atoms with Crippen LogP contribution >= 0.6 is 0 Å². The third kappa shape index (κ3) is 4.32. The van der Waals surface area contributed by atoms with Crippen LogP contribution in [0.25, 0.3) is 0 Å². The minimum Gasteiger partial charge on any atom is -0.0960 e. The molecule has 0 amide bonds. The summed E-state index contributed by atoms with van der Waals surface area (Å²) in [7, 11) is 0. The first kappa shape index (κ1) is 8.80. The first-order chi connectivity index (χ1) is 4.35. The second-order valence-electron chi connectivity index (χ2n) is 2.49. The molecule has 0 spiro atoms. The van der Waals surface area contributed by atoms with Crippen LogP contribution in [0.5, 0.6) is 0 Å². The van der Waals surface area contributed by atoms with Crippen LogP contribution in [-0.2, 0) is 0 Å². The third-order valence-electron chi connectivity index (χ3n) is 1.86. The highest BCUT2D eigenvalue weighted by atomic mass is 13.7. The van der Waals surface area contributed by atoms with Crippen LogP contribution in [-0.4, -0.2) is 6.71 Å². The second-order valence-corrected chi connectivity index (χ2v) is 2.49. The van der Waals surface area contributed by atoms with Crippen molar-refractivity contribution in [2.75, 3.05) is 0 Å². The Morgan fingerprint density at radius 2 is 1.78 bits per heavy atom. The Bertz CT molecular complexity index is 72.6. The average molecular weight is 124 g/mol. The molecular weight excluding hydrogens is 107 g/mol. The van der Waals surface area contributed by atoms with E-state index in [0.29, 0.717) is 0 Å². The quantitative estimate of drug-likeness (QED) is 0.399. The topological polar surface area (TPSA) is 0 Å². The Balaban J connectivity index is 3.31.